The lowest BCUT2D eigenvalue weighted by atomic mass is 9.86. The molecule has 3 nitrogen and oxygen atoms in total. The van der Waals surface area contributed by atoms with E-state index in [1.807, 2.05) is 12.1 Å². The van der Waals surface area contributed by atoms with Crippen LogP contribution in [0.4, 0.5) is 5.69 Å². The first-order valence-corrected chi connectivity index (χ1v) is 6.87. The molecule has 1 aliphatic carbocycles. The minimum atomic E-state index is 0.734. The first-order valence-electron chi connectivity index (χ1n) is 6.87. The summed E-state index contributed by atoms with van der Waals surface area (Å²) in [4.78, 5) is 0. The molecule has 0 radical (unpaired) electrons. The van der Waals surface area contributed by atoms with Gasteiger partial charge in [0.2, 0.25) is 0 Å². The quantitative estimate of drug-likeness (QED) is 0.840. The normalized spacial score (nSPS) is 23.7. The highest BCUT2D eigenvalue weighted by atomic mass is 16.5. The predicted molar refractivity (Wildman–Crippen MR) is 76.3 cm³/mol. The van der Waals surface area contributed by atoms with Gasteiger partial charge in [-0.25, -0.2) is 0 Å². The van der Waals surface area contributed by atoms with Crippen molar-refractivity contribution in [2.75, 3.05) is 26.0 Å². The number of methoxy groups -OCH3 is 1. The van der Waals surface area contributed by atoms with E-state index in [9.17, 15) is 0 Å². The molecule has 0 heterocycles. The number of nitrogens with one attached hydrogen (secondary N) is 2. The molecule has 0 atom stereocenters. The molecule has 0 aromatic heterocycles. The fourth-order valence-corrected chi connectivity index (χ4v) is 2.65. The van der Waals surface area contributed by atoms with Crippen molar-refractivity contribution in [1.82, 2.24) is 5.32 Å². The van der Waals surface area contributed by atoms with Crippen LogP contribution in [-0.4, -0.2) is 26.7 Å². The third kappa shape index (κ3) is 3.64. The Morgan fingerprint density at radius 1 is 1.22 bits per heavy atom. The number of rotatable bonds is 5. The molecule has 0 unspecified atom stereocenters. The largest absolute Gasteiger partial charge is 0.497 e. The van der Waals surface area contributed by atoms with Gasteiger partial charge < -0.3 is 15.4 Å². The minimum absolute atomic E-state index is 0.734. The molecule has 1 aromatic rings. The van der Waals surface area contributed by atoms with Crippen LogP contribution in [0.2, 0.25) is 0 Å². The summed E-state index contributed by atoms with van der Waals surface area (Å²) >= 11 is 0. The van der Waals surface area contributed by atoms with E-state index in [1.54, 1.807) is 7.11 Å². The summed E-state index contributed by atoms with van der Waals surface area (Å²) < 4.78 is 5.23. The molecule has 18 heavy (non-hydrogen) atoms. The average molecular weight is 248 g/mol. The number of ether oxygens (including phenoxy) is 1. The van der Waals surface area contributed by atoms with Crippen LogP contribution in [-0.2, 0) is 0 Å². The van der Waals surface area contributed by atoms with Crippen molar-refractivity contribution in [3.8, 4) is 5.75 Å². The van der Waals surface area contributed by atoms with E-state index in [-0.39, 0.29) is 0 Å². The van der Waals surface area contributed by atoms with Crippen LogP contribution >= 0.6 is 0 Å². The molecule has 1 fully saturated rings. The summed E-state index contributed by atoms with van der Waals surface area (Å²) in [5.41, 5.74) is 1.16. The lowest BCUT2D eigenvalue weighted by Gasteiger charge is -2.28. The highest BCUT2D eigenvalue weighted by molar-refractivity contribution is 5.48. The van der Waals surface area contributed by atoms with Crippen molar-refractivity contribution in [3.05, 3.63) is 24.3 Å². The highest BCUT2D eigenvalue weighted by Crippen LogP contribution is 2.25. The molecule has 0 saturated heterocycles. The molecule has 0 spiro atoms. The minimum Gasteiger partial charge on any atom is -0.497 e. The number of anilines is 1. The van der Waals surface area contributed by atoms with Gasteiger partial charge in [-0.15, -0.1) is 0 Å². The predicted octanol–water partition coefficient (Wildman–Crippen LogP) is 2.89. The maximum atomic E-state index is 5.23. The lowest BCUT2D eigenvalue weighted by Crippen LogP contribution is -2.32. The molecule has 100 valence electrons. The van der Waals surface area contributed by atoms with Gasteiger partial charge in [0.15, 0.2) is 0 Å². The summed E-state index contributed by atoms with van der Waals surface area (Å²) in [5, 5.41) is 6.90. The zero-order valence-electron chi connectivity index (χ0n) is 11.4. The monoisotopic (exact) mass is 248 g/mol. The molecule has 0 aliphatic heterocycles. The van der Waals surface area contributed by atoms with Crippen molar-refractivity contribution in [2.24, 2.45) is 5.92 Å². The van der Waals surface area contributed by atoms with E-state index >= 15 is 0 Å². The van der Waals surface area contributed by atoms with Gasteiger partial charge in [0.05, 0.1) is 7.11 Å². The highest BCUT2D eigenvalue weighted by Gasteiger charge is 2.19. The fraction of sp³-hybridized carbons (Fsp3) is 0.600. The number of hydrogen-bond acceptors (Lipinski definition) is 3. The summed E-state index contributed by atoms with van der Waals surface area (Å²) in [6.07, 6.45) is 5.26. The molecule has 1 aromatic carbocycles. The van der Waals surface area contributed by atoms with Crippen LogP contribution in [0.15, 0.2) is 24.3 Å². The van der Waals surface area contributed by atoms with Crippen molar-refractivity contribution in [2.45, 2.75) is 31.7 Å². The van der Waals surface area contributed by atoms with Gasteiger partial charge in [0.25, 0.3) is 0 Å². The molecular formula is C15H24N2O. The van der Waals surface area contributed by atoms with Gasteiger partial charge in [-0.05, 0) is 50.8 Å². The third-order valence-corrected chi connectivity index (χ3v) is 3.92. The molecule has 0 amide bonds. The second kappa shape index (κ2) is 6.64. The molecule has 1 aliphatic rings. The Bertz CT molecular complexity index is 359. The maximum Gasteiger partial charge on any atom is 0.120 e. The second-order valence-electron chi connectivity index (χ2n) is 5.12. The standard InChI is InChI=1S/C15H24N2O/c1-16-13-8-6-12(7-9-13)11-17-14-4-3-5-15(10-14)18-2/h3-5,10,12-13,16-17H,6-9,11H2,1-2H3. The van der Waals surface area contributed by atoms with Crippen LogP contribution in [0, 0.1) is 5.92 Å². The second-order valence-corrected chi connectivity index (χ2v) is 5.12. The Hall–Kier alpha value is -1.22. The van der Waals surface area contributed by atoms with Crippen LogP contribution in [0.5, 0.6) is 5.75 Å². The smallest absolute Gasteiger partial charge is 0.120 e. The Balaban J connectivity index is 1.77. The van der Waals surface area contributed by atoms with Gasteiger partial charge in [-0.2, -0.15) is 0 Å². The maximum absolute atomic E-state index is 5.23. The zero-order valence-corrected chi connectivity index (χ0v) is 11.4. The molecule has 2 N–H and O–H groups in total. The summed E-state index contributed by atoms with van der Waals surface area (Å²) in [7, 11) is 3.78. The Morgan fingerprint density at radius 3 is 2.67 bits per heavy atom. The first-order chi connectivity index (χ1) is 8.81. The Kier molecular flexibility index (Phi) is 4.88. The van der Waals surface area contributed by atoms with Gasteiger partial charge in [0.1, 0.15) is 5.75 Å². The fourth-order valence-electron chi connectivity index (χ4n) is 2.65. The Labute approximate surface area is 110 Å². The van der Waals surface area contributed by atoms with Crippen LogP contribution < -0.4 is 15.4 Å². The summed E-state index contributed by atoms with van der Waals surface area (Å²) in [6, 6.07) is 8.89. The topological polar surface area (TPSA) is 33.3 Å². The van der Waals surface area contributed by atoms with Crippen molar-refractivity contribution in [3.63, 3.8) is 0 Å². The first kappa shape index (κ1) is 13.2. The third-order valence-electron chi connectivity index (χ3n) is 3.92. The summed E-state index contributed by atoms with van der Waals surface area (Å²) in [5.74, 6) is 1.72. The van der Waals surface area contributed by atoms with Crippen molar-refractivity contribution >= 4 is 5.69 Å². The average Bonchev–Trinajstić information content (AvgIpc) is 2.46. The van der Waals surface area contributed by atoms with E-state index in [2.05, 4.69) is 29.8 Å². The molecule has 3 heteroatoms. The lowest BCUT2D eigenvalue weighted by molar-refractivity contribution is 0.312. The number of benzene rings is 1. The SMILES string of the molecule is CNC1CCC(CNc2cccc(OC)c2)CC1. The van der Waals surface area contributed by atoms with E-state index < -0.39 is 0 Å². The van der Waals surface area contributed by atoms with Crippen molar-refractivity contribution < 1.29 is 4.74 Å². The molecule has 2 rings (SSSR count). The van der Waals surface area contributed by atoms with E-state index in [4.69, 9.17) is 4.74 Å². The van der Waals surface area contributed by atoms with Crippen LogP contribution in [0.3, 0.4) is 0 Å². The van der Waals surface area contributed by atoms with E-state index in [0.29, 0.717) is 0 Å². The summed E-state index contributed by atoms with van der Waals surface area (Å²) in [6.45, 7) is 1.07. The van der Waals surface area contributed by atoms with Gasteiger partial charge in [0, 0.05) is 24.3 Å². The van der Waals surface area contributed by atoms with Crippen LogP contribution in [0.1, 0.15) is 25.7 Å². The van der Waals surface area contributed by atoms with E-state index in [0.717, 1.165) is 29.9 Å². The van der Waals surface area contributed by atoms with Gasteiger partial charge >= 0.3 is 0 Å². The molecule has 0 bridgehead atoms. The van der Waals surface area contributed by atoms with Crippen LogP contribution in [0.25, 0.3) is 0 Å². The molecule has 1 saturated carbocycles. The Morgan fingerprint density at radius 2 is 2.00 bits per heavy atom. The van der Waals surface area contributed by atoms with Crippen molar-refractivity contribution in [1.29, 1.82) is 0 Å². The zero-order chi connectivity index (χ0) is 12.8. The number of hydrogen-bond donors (Lipinski definition) is 2. The molecular weight excluding hydrogens is 224 g/mol. The van der Waals surface area contributed by atoms with E-state index in [1.165, 1.54) is 25.7 Å². The van der Waals surface area contributed by atoms with Gasteiger partial charge in [-0.3, -0.25) is 0 Å². The van der Waals surface area contributed by atoms with Gasteiger partial charge in [-0.1, -0.05) is 6.07 Å².